The van der Waals surface area contributed by atoms with Gasteiger partial charge in [-0.15, -0.1) is 11.3 Å². The van der Waals surface area contributed by atoms with Crippen LogP contribution < -0.4 is 0 Å². The van der Waals surface area contributed by atoms with Crippen molar-refractivity contribution < 1.29 is 0 Å². The van der Waals surface area contributed by atoms with Gasteiger partial charge in [0, 0.05) is 47.6 Å². The van der Waals surface area contributed by atoms with Gasteiger partial charge in [0.2, 0.25) is 0 Å². The van der Waals surface area contributed by atoms with Crippen molar-refractivity contribution in [2.75, 3.05) is 0 Å². The highest BCUT2D eigenvalue weighted by atomic mass is 32.1. The van der Waals surface area contributed by atoms with Gasteiger partial charge < -0.3 is 4.57 Å². The van der Waals surface area contributed by atoms with Crippen LogP contribution in [0.3, 0.4) is 0 Å². The maximum absolute atomic E-state index is 5.33. The molecule has 0 atom stereocenters. The molecule has 0 bridgehead atoms. The van der Waals surface area contributed by atoms with Gasteiger partial charge in [0.15, 0.2) is 17.5 Å². The second-order valence-corrected chi connectivity index (χ2v) is 16.3. The summed E-state index contributed by atoms with van der Waals surface area (Å²) in [4.78, 5) is 15.8. The second-order valence-electron chi connectivity index (χ2n) is 15.2. The number of rotatable bonds is 6. The third-order valence-electron chi connectivity index (χ3n) is 11.7. The van der Waals surface area contributed by atoms with Crippen molar-refractivity contribution in [2.24, 2.45) is 0 Å². The Morgan fingerprint density at radius 2 is 0.850 bits per heavy atom. The molecule has 5 heteroatoms. The van der Waals surface area contributed by atoms with Crippen LogP contribution in [0.4, 0.5) is 0 Å². The Morgan fingerprint density at radius 3 is 1.63 bits per heavy atom. The first-order valence-electron chi connectivity index (χ1n) is 20.2. The van der Waals surface area contributed by atoms with E-state index in [2.05, 4.69) is 211 Å². The van der Waals surface area contributed by atoms with Gasteiger partial charge in [-0.1, -0.05) is 164 Å². The first-order chi connectivity index (χ1) is 29.7. The third-order valence-corrected chi connectivity index (χ3v) is 12.8. The highest BCUT2D eigenvalue weighted by Gasteiger charge is 2.20. The van der Waals surface area contributed by atoms with Crippen LogP contribution in [-0.2, 0) is 0 Å². The molecular weight excluding hydrogens is 749 g/mol. The monoisotopic (exact) mass is 782 g/mol. The normalized spacial score (nSPS) is 11.7. The van der Waals surface area contributed by atoms with Crippen LogP contribution >= 0.6 is 11.3 Å². The molecule has 0 aliphatic heterocycles. The summed E-state index contributed by atoms with van der Waals surface area (Å²) in [6.07, 6.45) is 0. The number of aromatic nitrogens is 4. The van der Waals surface area contributed by atoms with Gasteiger partial charge in [-0.3, -0.25) is 0 Å². The standard InChI is InChI=1S/C55H34N4S/c1-2-12-35(13-3-1)40-29-31-47(50(33-40)59-48-19-9-6-16-43(48)44-17-7-10-20-49(44)59)55-57-53(56-54(58-55)42-27-24-36-14-4-5-15-39(36)32-42)38-25-22-37(23-26-38)41-28-30-46-45-18-8-11-21-51(45)60-52(46)34-41/h1-34H. The van der Waals surface area contributed by atoms with E-state index in [1.54, 1.807) is 0 Å². The molecule has 0 radical (unpaired) electrons. The smallest absolute Gasteiger partial charge is 0.166 e. The Morgan fingerprint density at radius 1 is 0.317 bits per heavy atom. The van der Waals surface area contributed by atoms with E-state index in [1.165, 1.54) is 41.9 Å². The first kappa shape index (κ1) is 34.3. The maximum atomic E-state index is 5.33. The lowest BCUT2D eigenvalue weighted by atomic mass is 10.0. The van der Waals surface area contributed by atoms with Crippen molar-refractivity contribution in [1.82, 2.24) is 19.5 Å². The lowest BCUT2D eigenvalue weighted by Gasteiger charge is -2.16. The minimum absolute atomic E-state index is 0.610. The van der Waals surface area contributed by atoms with Crippen LogP contribution in [-0.4, -0.2) is 19.5 Å². The summed E-state index contributed by atoms with van der Waals surface area (Å²) < 4.78 is 4.97. The lowest BCUT2D eigenvalue weighted by Crippen LogP contribution is -2.04. The summed E-state index contributed by atoms with van der Waals surface area (Å²) in [6.45, 7) is 0. The van der Waals surface area contributed by atoms with Gasteiger partial charge in [-0.05, 0) is 75.5 Å². The summed E-state index contributed by atoms with van der Waals surface area (Å²) in [6, 6.07) is 73.4. The largest absolute Gasteiger partial charge is 0.308 e. The van der Waals surface area contributed by atoms with E-state index in [0.29, 0.717) is 17.5 Å². The topological polar surface area (TPSA) is 43.6 Å². The average Bonchev–Trinajstić information content (AvgIpc) is 3.87. The first-order valence-corrected chi connectivity index (χ1v) is 21.0. The number of hydrogen-bond acceptors (Lipinski definition) is 4. The van der Waals surface area contributed by atoms with E-state index < -0.39 is 0 Å². The number of nitrogens with zero attached hydrogens (tertiary/aromatic N) is 4. The van der Waals surface area contributed by atoms with Gasteiger partial charge in [0.05, 0.1) is 16.7 Å². The van der Waals surface area contributed by atoms with Crippen molar-refractivity contribution in [1.29, 1.82) is 0 Å². The van der Waals surface area contributed by atoms with Crippen molar-refractivity contribution in [3.8, 4) is 62.1 Å². The molecule has 280 valence electrons. The van der Waals surface area contributed by atoms with Crippen molar-refractivity contribution in [2.45, 2.75) is 0 Å². The van der Waals surface area contributed by atoms with E-state index in [-0.39, 0.29) is 0 Å². The number of thiophene rings is 1. The van der Waals surface area contributed by atoms with E-state index in [9.17, 15) is 0 Å². The Hall–Kier alpha value is -7.73. The molecule has 12 aromatic rings. The van der Waals surface area contributed by atoms with Crippen LogP contribution in [0.2, 0.25) is 0 Å². The molecule has 3 aromatic heterocycles. The molecule has 0 aliphatic carbocycles. The number of para-hydroxylation sites is 2. The van der Waals surface area contributed by atoms with Gasteiger partial charge in [0.25, 0.3) is 0 Å². The molecule has 0 saturated carbocycles. The zero-order valence-electron chi connectivity index (χ0n) is 32.3. The van der Waals surface area contributed by atoms with Crippen LogP contribution in [0.5, 0.6) is 0 Å². The minimum Gasteiger partial charge on any atom is -0.308 e. The van der Waals surface area contributed by atoms with Gasteiger partial charge in [-0.25, -0.2) is 15.0 Å². The van der Waals surface area contributed by atoms with E-state index in [1.807, 2.05) is 11.3 Å². The highest BCUT2D eigenvalue weighted by Crippen LogP contribution is 2.40. The van der Waals surface area contributed by atoms with Gasteiger partial charge >= 0.3 is 0 Å². The summed E-state index contributed by atoms with van der Waals surface area (Å²) in [7, 11) is 0. The predicted molar refractivity (Wildman–Crippen MR) is 252 cm³/mol. The summed E-state index contributed by atoms with van der Waals surface area (Å²) in [5, 5.41) is 7.31. The fourth-order valence-electron chi connectivity index (χ4n) is 8.70. The highest BCUT2D eigenvalue weighted by molar-refractivity contribution is 7.25. The lowest BCUT2D eigenvalue weighted by molar-refractivity contribution is 1.06. The maximum Gasteiger partial charge on any atom is 0.166 e. The summed E-state index contributed by atoms with van der Waals surface area (Å²) in [5.74, 6) is 1.86. The molecule has 0 unspecified atom stereocenters. The zero-order chi connectivity index (χ0) is 39.6. The van der Waals surface area contributed by atoms with Crippen LogP contribution in [0.25, 0.3) is 115 Å². The van der Waals surface area contributed by atoms with Crippen molar-refractivity contribution >= 4 is 64.1 Å². The molecule has 3 heterocycles. The molecule has 0 N–H and O–H groups in total. The minimum atomic E-state index is 0.610. The van der Waals surface area contributed by atoms with E-state index in [4.69, 9.17) is 15.0 Å². The van der Waals surface area contributed by atoms with E-state index >= 15 is 0 Å². The molecule has 0 fully saturated rings. The second kappa shape index (κ2) is 14.0. The SMILES string of the molecule is c1ccc(-c2ccc(-c3nc(-c4ccc(-c5ccc6c(c5)sc5ccccc56)cc4)nc(-c4ccc5ccccc5c4)n3)c(-n3c4ccccc4c4ccccc43)c2)cc1. The quantitative estimate of drug-likeness (QED) is 0.169. The summed E-state index contributed by atoms with van der Waals surface area (Å²) in [5.41, 5.74) is 10.6. The molecule has 0 aliphatic rings. The fourth-order valence-corrected chi connectivity index (χ4v) is 9.84. The average molecular weight is 783 g/mol. The van der Waals surface area contributed by atoms with Crippen LogP contribution in [0.1, 0.15) is 0 Å². The zero-order valence-corrected chi connectivity index (χ0v) is 33.1. The Labute approximate surface area is 350 Å². The molecular formula is C55H34N4S. The molecule has 0 amide bonds. The Balaban J connectivity index is 1.05. The predicted octanol–water partition coefficient (Wildman–Crippen LogP) is 14.8. The van der Waals surface area contributed by atoms with Gasteiger partial charge in [0.1, 0.15) is 0 Å². The molecule has 0 spiro atoms. The molecule has 4 nitrogen and oxygen atoms in total. The van der Waals surface area contributed by atoms with E-state index in [0.717, 1.165) is 55.5 Å². The number of benzene rings is 9. The third kappa shape index (κ3) is 5.78. The van der Waals surface area contributed by atoms with Crippen molar-refractivity contribution in [3.63, 3.8) is 0 Å². The van der Waals surface area contributed by atoms with Gasteiger partial charge in [-0.2, -0.15) is 0 Å². The van der Waals surface area contributed by atoms with Crippen LogP contribution in [0.15, 0.2) is 206 Å². The Bertz CT molecular complexity index is 3550. The number of fused-ring (bicyclic) bond motifs is 7. The molecule has 60 heavy (non-hydrogen) atoms. The molecule has 12 rings (SSSR count). The molecule has 0 saturated heterocycles. The summed E-state index contributed by atoms with van der Waals surface area (Å²) >= 11 is 1.84. The Kier molecular flexibility index (Phi) is 8.00. The number of hydrogen-bond donors (Lipinski definition) is 0. The van der Waals surface area contributed by atoms with Crippen molar-refractivity contribution in [3.05, 3.63) is 206 Å². The molecule has 9 aromatic carbocycles. The fraction of sp³-hybridized carbons (Fsp3) is 0. The van der Waals surface area contributed by atoms with Crippen LogP contribution in [0, 0.1) is 0 Å².